The van der Waals surface area contributed by atoms with Gasteiger partial charge in [-0.05, 0) is 58.4 Å². The normalized spacial score (nSPS) is 12.4. The number of halogens is 1. The highest BCUT2D eigenvalue weighted by molar-refractivity contribution is 9.10. The molecule has 3 aromatic rings. The van der Waals surface area contributed by atoms with Gasteiger partial charge in [-0.2, -0.15) is 0 Å². The fourth-order valence-electron chi connectivity index (χ4n) is 2.67. The molecule has 4 heteroatoms. The molecule has 0 amide bonds. The molecule has 0 atom stereocenters. The smallest absolute Gasteiger partial charge is 0.248 e. The summed E-state index contributed by atoms with van der Waals surface area (Å²) in [6, 6.07) is 14.5. The van der Waals surface area contributed by atoms with Crippen LogP contribution in [0.25, 0.3) is 22.9 Å². The van der Waals surface area contributed by atoms with Crippen molar-refractivity contribution in [2.75, 3.05) is 0 Å². The summed E-state index contributed by atoms with van der Waals surface area (Å²) in [4.78, 5) is 0. The van der Waals surface area contributed by atoms with Crippen LogP contribution in [-0.4, -0.2) is 10.2 Å². The van der Waals surface area contributed by atoms with Crippen molar-refractivity contribution in [1.82, 2.24) is 10.2 Å². The molecule has 2 aromatic carbocycles. The molecule has 0 aliphatic rings. The Labute approximate surface area is 164 Å². The van der Waals surface area contributed by atoms with Crippen LogP contribution in [0.1, 0.15) is 52.7 Å². The van der Waals surface area contributed by atoms with Crippen molar-refractivity contribution in [3.63, 3.8) is 0 Å². The molecule has 0 aliphatic carbocycles. The maximum Gasteiger partial charge on any atom is 0.248 e. The summed E-state index contributed by atoms with van der Waals surface area (Å²) in [7, 11) is 0. The lowest BCUT2D eigenvalue weighted by molar-refractivity contribution is 0.564. The van der Waals surface area contributed by atoms with Gasteiger partial charge in [0.05, 0.1) is 0 Å². The minimum absolute atomic E-state index is 0.0462. The van der Waals surface area contributed by atoms with Gasteiger partial charge in [0.15, 0.2) is 0 Å². The maximum atomic E-state index is 5.99. The first-order chi connectivity index (χ1) is 12.0. The first-order valence-electron chi connectivity index (χ1n) is 8.80. The summed E-state index contributed by atoms with van der Waals surface area (Å²) in [6.07, 6.45) is 0. The Morgan fingerprint density at radius 3 is 1.62 bits per heavy atom. The fourth-order valence-corrected chi connectivity index (χ4v) is 2.93. The van der Waals surface area contributed by atoms with Gasteiger partial charge >= 0.3 is 0 Å². The standard InChI is InChI=1S/C22H25BrN2O/c1-21(2,3)16-11-15(12-17(13-16)22(4,5)6)20-25-24-19(26-20)14-7-9-18(23)10-8-14/h7-13H,1-6H3. The summed E-state index contributed by atoms with van der Waals surface area (Å²) >= 11 is 3.45. The van der Waals surface area contributed by atoms with Crippen LogP contribution in [0.15, 0.2) is 51.4 Å². The molecule has 0 saturated heterocycles. The van der Waals surface area contributed by atoms with E-state index < -0.39 is 0 Å². The molecule has 0 unspecified atom stereocenters. The molecule has 0 spiro atoms. The molecule has 0 aliphatic heterocycles. The monoisotopic (exact) mass is 412 g/mol. The first kappa shape index (κ1) is 18.8. The highest BCUT2D eigenvalue weighted by atomic mass is 79.9. The number of hydrogen-bond donors (Lipinski definition) is 0. The summed E-state index contributed by atoms with van der Waals surface area (Å²) in [5, 5.41) is 8.55. The molecule has 0 saturated carbocycles. The van der Waals surface area contributed by atoms with Gasteiger partial charge in [-0.3, -0.25) is 0 Å². The van der Waals surface area contributed by atoms with E-state index >= 15 is 0 Å². The van der Waals surface area contributed by atoms with Gasteiger partial charge < -0.3 is 4.42 Å². The van der Waals surface area contributed by atoms with Crippen LogP contribution in [0.3, 0.4) is 0 Å². The van der Waals surface area contributed by atoms with E-state index in [-0.39, 0.29) is 10.8 Å². The topological polar surface area (TPSA) is 38.9 Å². The maximum absolute atomic E-state index is 5.99. The van der Waals surface area contributed by atoms with Crippen LogP contribution in [0, 0.1) is 0 Å². The van der Waals surface area contributed by atoms with E-state index in [2.05, 4.69) is 85.9 Å². The molecule has 0 N–H and O–H groups in total. The lowest BCUT2D eigenvalue weighted by Gasteiger charge is -2.25. The van der Waals surface area contributed by atoms with Gasteiger partial charge in [0.25, 0.3) is 0 Å². The van der Waals surface area contributed by atoms with Crippen molar-refractivity contribution in [2.45, 2.75) is 52.4 Å². The Morgan fingerprint density at radius 1 is 0.692 bits per heavy atom. The molecule has 1 heterocycles. The summed E-state index contributed by atoms with van der Waals surface area (Å²) in [5.41, 5.74) is 4.51. The Bertz CT molecular complexity index is 880. The Balaban J connectivity index is 2.07. The van der Waals surface area contributed by atoms with Crippen molar-refractivity contribution in [3.8, 4) is 22.9 Å². The third-order valence-electron chi connectivity index (χ3n) is 4.43. The fraction of sp³-hybridized carbons (Fsp3) is 0.364. The quantitative estimate of drug-likeness (QED) is 0.466. The Hall–Kier alpha value is -1.94. The highest BCUT2D eigenvalue weighted by Gasteiger charge is 2.22. The predicted molar refractivity (Wildman–Crippen MR) is 110 cm³/mol. The van der Waals surface area contributed by atoms with E-state index in [0.717, 1.165) is 15.6 Å². The van der Waals surface area contributed by atoms with E-state index in [9.17, 15) is 0 Å². The summed E-state index contributed by atoms with van der Waals surface area (Å²) < 4.78 is 7.02. The molecular weight excluding hydrogens is 388 g/mol. The van der Waals surface area contributed by atoms with Gasteiger partial charge in [-0.1, -0.05) is 63.5 Å². The molecule has 0 radical (unpaired) electrons. The largest absolute Gasteiger partial charge is 0.416 e. The zero-order valence-corrected chi connectivity index (χ0v) is 17.8. The zero-order chi connectivity index (χ0) is 19.1. The average molecular weight is 413 g/mol. The van der Waals surface area contributed by atoms with Crippen molar-refractivity contribution < 1.29 is 4.42 Å². The Kier molecular flexibility index (Phi) is 4.82. The molecule has 26 heavy (non-hydrogen) atoms. The zero-order valence-electron chi connectivity index (χ0n) is 16.2. The number of nitrogens with zero attached hydrogens (tertiary/aromatic N) is 2. The average Bonchev–Trinajstić information content (AvgIpc) is 3.03. The number of benzene rings is 2. The Morgan fingerprint density at radius 2 is 1.15 bits per heavy atom. The van der Waals surface area contributed by atoms with Crippen LogP contribution in [0.4, 0.5) is 0 Å². The van der Waals surface area contributed by atoms with Gasteiger partial charge in [0.2, 0.25) is 11.8 Å². The minimum Gasteiger partial charge on any atom is -0.416 e. The van der Waals surface area contributed by atoms with E-state index in [1.165, 1.54) is 11.1 Å². The van der Waals surface area contributed by atoms with E-state index in [4.69, 9.17) is 4.42 Å². The second kappa shape index (κ2) is 6.66. The second-order valence-corrected chi connectivity index (χ2v) is 9.63. The van der Waals surface area contributed by atoms with Gasteiger partial charge in [0.1, 0.15) is 0 Å². The summed E-state index contributed by atoms with van der Waals surface area (Å²) in [6.45, 7) is 13.3. The number of hydrogen-bond acceptors (Lipinski definition) is 3. The molecular formula is C22H25BrN2O. The number of rotatable bonds is 2. The SMILES string of the molecule is CC(C)(C)c1cc(-c2nnc(-c3ccc(Br)cc3)o2)cc(C(C)(C)C)c1. The van der Waals surface area contributed by atoms with Crippen LogP contribution >= 0.6 is 15.9 Å². The van der Waals surface area contributed by atoms with Crippen LogP contribution in [0.2, 0.25) is 0 Å². The van der Waals surface area contributed by atoms with Gasteiger partial charge in [-0.15, -0.1) is 10.2 Å². The molecule has 0 bridgehead atoms. The van der Waals surface area contributed by atoms with Crippen LogP contribution < -0.4 is 0 Å². The summed E-state index contributed by atoms with van der Waals surface area (Å²) in [5.74, 6) is 1.09. The van der Waals surface area contributed by atoms with Crippen molar-refractivity contribution in [1.29, 1.82) is 0 Å². The highest BCUT2D eigenvalue weighted by Crippen LogP contribution is 2.34. The third kappa shape index (κ3) is 4.07. The minimum atomic E-state index is 0.0462. The number of aromatic nitrogens is 2. The van der Waals surface area contributed by atoms with Crippen molar-refractivity contribution in [2.24, 2.45) is 0 Å². The first-order valence-corrected chi connectivity index (χ1v) is 9.59. The van der Waals surface area contributed by atoms with Gasteiger partial charge in [-0.25, -0.2) is 0 Å². The van der Waals surface area contributed by atoms with Crippen molar-refractivity contribution >= 4 is 15.9 Å². The second-order valence-electron chi connectivity index (χ2n) is 8.72. The molecule has 136 valence electrons. The molecule has 3 nitrogen and oxygen atoms in total. The lowest BCUT2D eigenvalue weighted by Crippen LogP contribution is -2.16. The lowest BCUT2D eigenvalue weighted by atomic mass is 9.79. The molecule has 3 rings (SSSR count). The predicted octanol–water partition coefficient (Wildman–Crippen LogP) is 6.76. The van der Waals surface area contributed by atoms with Crippen LogP contribution in [0.5, 0.6) is 0 Å². The molecule has 1 aromatic heterocycles. The van der Waals surface area contributed by atoms with E-state index in [1.807, 2.05) is 24.3 Å². The van der Waals surface area contributed by atoms with Gasteiger partial charge in [0, 0.05) is 15.6 Å². The van der Waals surface area contributed by atoms with Crippen molar-refractivity contribution in [3.05, 3.63) is 58.1 Å². The third-order valence-corrected chi connectivity index (χ3v) is 4.96. The van der Waals surface area contributed by atoms with E-state index in [0.29, 0.717) is 11.8 Å². The van der Waals surface area contributed by atoms with Crippen LogP contribution in [-0.2, 0) is 10.8 Å². The van der Waals surface area contributed by atoms with E-state index in [1.54, 1.807) is 0 Å². The molecule has 0 fully saturated rings.